The highest BCUT2D eigenvalue weighted by atomic mass is 16.5. The number of hydrogen-bond acceptors (Lipinski definition) is 3. The van der Waals surface area contributed by atoms with E-state index in [1.165, 1.54) is 5.56 Å². The average molecular weight is 236 g/mol. The second-order valence-electron chi connectivity index (χ2n) is 4.45. The van der Waals surface area contributed by atoms with Gasteiger partial charge in [-0.3, -0.25) is 0 Å². The van der Waals surface area contributed by atoms with Crippen LogP contribution >= 0.6 is 0 Å². The summed E-state index contributed by atoms with van der Waals surface area (Å²) >= 11 is 0. The van der Waals surface area contributed by atoms with Gasteiger partial charge in [0.2, 0.25) is 0 Å². The van der Waals surface area contributed by atoms with Gasteiger partial charge in [0.15, 0.2) is 0 Å². The van der Waals surface area contributed by atoms with E-state index in [0.717, 1.165) is 25.9 Å². The number of aliphatic hydroxyl groups excluding tert-OH is 1. The molecule has 17 heavy (non-hydrogen) atoms. The van der Waals surface area contributed by atoms with E-state index in [1.807, 2.05) is 30.3 Å². The monoisotopic (exact) mass is 236 g/mol. The molecule has 2 atom stereocenters. The van der Waals surface area contributed by atoms with E-state index in [-0.39, 0.29) is 12.2 Å². The van der Waals surface area contributed by atoms with Crippen LogP contribution in [0.3, 0.4) is 0 Å². The van der Waals surface area contributed by atoms with Crippen molar-refractivity contribution in [3.8, 4) is 0 Å². The average Bonchev–Trinajstić information content (AvgIpc) is 2.38. The van der Waals surface area contributed by atoms with E-state index < -0.39 is 0 Å². The van der Waals surface area contributed by atoms with Crippen LogP contribution in [0.2, 0.25) is 0 Å². The molecule has 1 aliphatic heterocycles. The lowest BCUT2D eigenvalue weighted by Gasteiger charge is -2.27. The van der Waals surface area contributed by atoms with Crippen molar-refractivity contribution in [2.24, 2.45) is 0 Å². The Morgan fingerprint density at radius 1 is 1.29 bits per heavy atom. The lowest BCUT2D eigenvalue weighted by Crippen LogP contribution is -2.34. The molecule has 3 nitrogen and oxygen atoms in total. The molecule has 1 saturated heterocycles. The fourth-order valence-electron chi connectivity index (χ4n) is 2.06. The lowest BCUT2D eigenvalue weighted by atomic mass is 10.0. The number of rotatable bonds is 5. The molecule has 94 valence electrons. The van der Waals surface area contributed by atoms with Crippen LogP contribution in [0.5, 0.6) is 0 Å². The Morgan fingerprint density at radius 3 is 2.88 bits per heavy atom. The van der Waals surface area contributed by atoms with Gasteiger partial charge in [-0.25, -0.2) is 0 Å². The Bertz CT molecular complexity index is 313. The third-order valence-electron chi connectivity index (χ3n) is 3.06. The summed E-state index contributed by atoms with van der Waals surface area (Å²) in [5.41, 5.74) is 1.18. The zero-order chi connectivity index (χ0) is 11.9. The van der Waals surface area contributed by atoms with Crippen LogP contribution in [-0.2, 0) is 16.1 Å². The van der Waals surface area contributed by atoms with Crippen molar-refractivity contribution in [2.75, 3.05) is 13.2 Å². The van der Waals surface area contributed by atoms with Gasteiger partial charge in [0.25, 0.3) is 0 Å². The molecule has 0 aromatic heterocycles. The number of aliphatic hydroxyl groups is 1. The summed E-state index contributed by atoms with van der Waals surface area (Å²) in [5.74, 6) is 0. The first-order chi connectivity index (χ1) is 8.36. The molecular formula is C14H20O3. The van der Waals surface area contributed by atoms with Crippen LogP contribution in [-0.4, -0.2) is 30.5 Å². The summed E-state index contributed by atoms with van der Waals surface area (Å²) < 4.78 is 11.1. The van der Waals surface area contributed by atoms with Crippen molar-refractivity contribution >= 4 is 0 Å². The molecule has 0 saturated carbocycles. The second kappa shape index (κ2) is 6.74. The largest absolute Gasteiger partial charge is 0.390 e. The van der Waals surface area contributed by atoms with Crippen LogP contribution < -0.4 is 0 Å². The van der Waals surface area contributed by atoms with Crippen LogP contribution in [0.4, 0.5) is 0 Å². The predicted molar refractivity (Wildman–Crippen MR) is 65.7 cm³/mol. The maximum absolute atomic E-state index is 9.70. The van der Waals surface area contributed by atoms with Crippen molar-refractivity contribution in [3.05, 3.63) is 35.9 Å². The molecule has 0 spiro atoms. The first-order valence-electron chi connectivity index (χ1n) is 6.27. The molecule has 0 unspecified atom stereocenters. The van der Waals surface area contributed by atoms with Crippen LogP contribution in [0, 0.1) is 0 Å². The molecule has 1 fully saturated rings. The highest BCUT2D eigenvalue weighted by Gasteiger charge is 2.23. The lowest BCUT2D eigenvalue weighted by molar-refractivity contribution is -0.0861. The van der Waals surface area contributed by atoms with Crippen molar-refractivity contribution in [3.63, 3.8) is 0 Å². The van der Waals surface area contributed by atoms with Gasteiger partial charge in [0, 0.05) is 13.2 Å². The zero-order valence-corrected chi connectivity index (χ0v) is 10.0. The Balaban J connectivity index is 1.63. The molecule has 0 radical (unpaired) electrons. The van der Waals surface area contributed by atoms with Gasteiger partial charge in [0.1, 0.15) is 0 Å². The van der Waals surface area contributed by atoms with Gasteiger partial charge < -0.3 is 14.6 Å². The third-order valence-corrected chi connectivity index (χ3v) is 3.06. The summed E-state index contributed by atoms with van der Waals surface area (Å²) in [4.78, 5) is 0. The van der Waals surface area contributed by atoms with Crippen molar-refractivity contribution in [1.82, 2.24) is 0 Å². The molecule has 0 aliphatic carbocycles. The number of hydrogen-bond donors (Lipinski definition) is 1. The fraction of sp³-hybridized carbons (Fsp3) is 0.571. The Morgan fingerprint density at radius 2 is 2.12 bits per heavy atom. The first-order valence-corrected chi connectivity index (χ1v) is 6.27. The first kappa shape index (κ1) is 12.6. The zero-order valence-electron chi connectivity index (χ0n) is 10.0. The Labute approximate surface area is 102 Å². The Kier molecular flexibility index (Phi) is 4.98. The molecule has 1 heterocycles. The van der Waals surface area contributed by atoms with E-state index in [0.29, 0.717) is 13.2 Å². The van der Waals surface area contributed by atoms with E-state index in [1.54, 1.807) is 0 Å². The summed E-state index contributed by atoms with van der Waals surface area (Å²) in [5, 5.41) is 9.70. The van der Waals surface area contributed by atoms with Crippen LogP contribution in [0.1, 0.15) is 24.8 Å². The predicted octanol–water partition coefficient (Wildman–Crippen LogP) is 2.13. The minimum absolute atomic E-state index is 0.0421. The van der Waals surface area contributed by atoms with Crippen molar-refractivity contribution in [1.29, 1.82) is 0 Å². The third kappa shape index (κ3) is 4.11. The molecule has 1 aromatic rings. The minimum atomic E-state index is -0.316. The van der Waals surface area contributed by atoms with Gasteiger partial charge in [-0.15, -0.1) is 0 Å². The summed E-state index contributed by atoms with van der Waals surface area (Å²) in [6, 6.07) is 10.1. The minimum Gasteiger partial charge on any atom is -0.390 e. The molecule has 1 aliphatic rings. The summed E-state index contributed by atoms with van der Waals surface area (Å²) in [7, 11) is 0. The second-order valence-corrected chi connectivity index (χ2v) is 4.45. The van der Waals surface area contributed by atoms with Crippen molar-refractivity contribution < 1.29 is 14.6 Å². The van der Waals surface area contributed by atoms with Gasteiger partial charge >= 0.3 is 0 Å². The highest BCUT2D eigenvalue weighted by Crippen LogP contribution is 2.16. The number of ether oxygens (including phenoxy) is 2. The maximum atomic E-state index is 9.70. The smallest absolute Gasteiger partial charge is 0.0855 e. The van der Waals surface area contributed by atoms with E-state index >= 15 is 0 Å². The molecule has 1 N–H and O–H groups in total. The molecule has 3 heteroatoms. The van der Waals surface area contributed by atoms with E-state index in [9.17, 15) is 5.11 Å². The Hall–Kier alpha value is -0.900. The highest BCUT2D eigenvalue weighted by molar-refractivity contribution is 5.13. The van der Waals surface area contributed by atoms with Gasteiger partial charge in [-0.05, 0) is 24.8 Å². The summed E-state index contributed by atoms with van der Waals surface area (Å²) in [6.07, 6.45) is 2.23. The quantitative estimate of drug-likeness (QED) is 0.796. The van der Waals surface area contributed by atoms with E-state index in [4.69, 9.17) is 9.47 Å². The van der Waals surface area contributed by atoms with Gasteiger partial charge in [0.05, 0.1) is 18.8 Å². The normalized spacial score (nSPS) is 24.8. The topological polar surface area (TPSA) is 38.7 Å². The number of benzene rings is 1. The fourth-order valence-corrected chi connectivity index (χ4v) is 2.06. The van der Waals surface area contributed by atoms with Gasteiger partial charge in [-0.1, -0.05) is 30.3 Å². The van der Waals surface area contributed by atoms with Gasteiger partial charge in [-0.2, -0.15) is 0 Å². The molecule has 0 amide bonds. The summed E-state index contributed by atoms with van der Waals surface area (Å²) in [6.45, 7) is 2.03. The maximum Gasteiger partial charge on any atom is 0.0855 e. The van der Waals surface area contributed by atoms with Crippen LogP contribution in [0.15, 0.2) is 30.3 Å². The molecule has 2 rings (SSSR count). The molecule has 0 bridgehead atoms. The van der Waals surface area contributed by atoms with Crippen LogP contribution in [0.25, 0.3) is 0 Å². The molecule has 1 aromatic carbocycles. The van der Waals surface area contributed by atoms with Crippen molar-refractivity contribution in [2.45, 2.75) is 38.1 Å². The molecular weight excluding hydrogens is 216 g/mol. The standard InChI is InChI=1S/C14H20O3/c15-13-7-4-9-17-14(13)8-10-16-11-12-5-2-1-3-6-12/h1-3,5-6,13-15H,4,7-11H2/t13-,14+/m1/s1. The SMILES string of the molecule is O[C@@H]1CCCO[C@H]1CCOCc1ccccc1. The van der Waals surface area contributed by atoms with E-state index in [2.05, 4.69) is 0 Å².